The molecule has 4 nitrogen and oxygen atoms in total. The fourth-order valence-corrected chi connectivity index (χ4v) is 1.49. The third-order valence-electron chi connectivity index (χ3n) is 1.72. The zero-order valence-electron chi connectivity index (χ0n) is 7.75. The summed E-state index contributed by atoms with van der Waals surface area (Å²) in [5.74, 6) is 0. The van der Waals surface area contributed by atoms with Crippen molar-refractivity contribution in [1.29, 1.82) is 0 Å². The first-order valence-corrected chi connectivity index (χ1v) is 4.61. The van der Waals surface area contributed by atoms with E-state index in [1.54, 1.807) is 20.9 Å². The molecule has 0 radical (unpaired) electrons. The molecule has 13 heavy (non-hydrogen) atoms. The van der Waals surface area contributed by atoms with Crippen molar-refractivity contribution in [1.82, 2.24) is 15.0 Å². The molecule has 1 atom stereocenters. The quantitative estimate of drug-likeness (QED) is 0.862. The number of nitrogens with zero attached hydrogens (tertiary/aromatic N) is 3. The first kappa shape index (κ1) is 10.6. The summed E-state index contributed by atoms with van der Waals surface area (Å²) in [6.07, 6.45) is -1.29. The number of hydrogen-bond acceptors (Lipinski definition) is 3. The monoisotopic (exact) mass is 250 g/mol. The van der Waals surface area contributed by atoms with E-state index in [1.807, 2.05) is 0 Å². The maximum Gasteiger partial charge on any atom is 0.162 e. The van der Waals surface area contributed by atoms with Gasteiger partial charge in [-0.15, -0.1) is 5.10 Å². The van der Waals surface area contributed by atoms with Crippen LogP contribution < -0.4 is 5.73 Å². The van der Waals surface area contributed by atoms with Crippen molar-refractivity contribution in [2.75, 3.05) is 0 Å². The van der Waals surface area contributed by atoms with Crippen LogP contribution in [0.25, 0.3) is 0 Å². The first-order chi connectivity index (χ1) is 5.84. The average Bonchev–Trinajstić information content (AvgIpc) is 2.28. The summed E-state index contributed by atoms with van der Waals surface area (Å²) in [5, 5.41) is 7.36. The molecule has 0 fully saturated rings. The van der Waals surface area contributed by atoms with Gasteiger partial charge < -0.3 is 5.73 Å². The Morgan fingerprint density at radius 3 is 2.46 bits per heavy atom. The SMILES string of the molecule is Cn1nnc(Br)c1C(F)C(C)(C)N. The van der Waals surface area contributed by atoms with E-state index < -0.39 is 11.7 Å². The van der Waals surface area contributed by atoms with Crippen LogP contribution in [-0.4, -0.2) is 20.5 Å². The van der Waals surface area contributed by atoms with Crippen molar-refractivity contribution in [2.45, 2.75) is 25.6 Å². The van der Waals surface area contributed by atoms with Crippen LogP contribution in [0.15, 0.2) is 4.60 Å². The molecule has 1 aromatic rings. The molecule has 0 saturated carbocycles. The van der Waals surface area contributed by atoms with E-state index in [4.69, 9.17) is 5.73 Å². The molecule has 0 aliphatic rings. The smallest absolute Gasteiger partial charge is 0.162 e. The van der Waals surface area contributed by atoms with E-state index in [0.717, 1.165) is 0 Å². The molecule has 0 amide bonds. The Bertz CT molecular complexity index is 284. The van der Waals surface area contributed by atoms with Crippen LogP contribution >= 0.6 is 15.9 Å². The lowest BCUT2D eigenvalue weighted by Crippen LogP contribution is -2.38. The van der Waals surface area contributed by atoms with Gasteiger partial charge in [-0.2, -0.15) is 0 Å². The number of rotatable bonds is 2. The third kappa shape index (κ3) is 2.05. The number of alkyl halides is 1. The minimum absolute atomic E-state index is 0.368. The van der Waals surface area contributed by atoms with Crippen LogP contribution in [0.4, 0.5) is 4.39 Å². The summed E-state index contributed by atoms with van der Waals surface area (Å²) in [7, 11) is 1.63. The predicted molar refractivity (Wildman–Crippen MR) is 50.8 cm³/mol. The van der Waals surface area contributed by atoms with Gasteiger partial charge in [0.25, 0.3) is 0 Å². The topological polar surface area (TPSA) is 56.7 Å². The van der Waals surface area contributed by atoms with Crippen molar-refractivity contribution in [2.24, 2.45) is 12.8 Å². The first-order valence-electron chi connectivity index (χ1n) is 3.82. The van der Waals surface area contributed by atoms with Crippen LogP contribution in [0.1, 0.15) is 25.7 Å². The summed E-state index contributed by atoms with van der Waals surface area (Å²) >= 11 is 3.12. The van der Waals surface area contributed by atoms with E-state index >= 15 is 0 Å². The summed E-state index contributed by atoms with van der Waals surface area (Å²) in [6.45, 7) is 3.24. The Hall–Kier alpha value is -0.490. The second-order valence-corrected chi connectivity index (χ2v) is 4.32. The van der Waals surface area contributed by atoms with Gasteiger partial charge in [0.2, 0.25) is 0 Å². The Morgan fingerprint density at radius 1 is 1.62 bits per heavy atom. The molecule has 2 N–H and O–H groups in total. The van der Waals surface area contributed by atoms with Crippen LogP contribution in [0, 0.1) is 0 Å². The highest BCUT2D eigenvalue weighted by atomic mass is 79.9. The van der Waals surface area contributed by atoms with Gasteiger partial charge in [-0.3, -0.25) is 0 Å². The van der Waals surface area contributed by atoms with Gasteiger partial charge in [0.15, 0.2) is 10.8 Å². The molecule has 1 rings (SSSR count). The van der Waals surface area contributed by atoms with Gasteiger partial charge in [-0.1, -0.05) is 5.21 Å². The Labute approximate surface area is 84.4 Å². The van der Waals surface area contributed by atoms with Gasteiger partial charge in [0, 0.05) is 12.6 Å². The molecule has 0 bridgehead atoms. The van der Waals surface area contributed by atoms with Crippen molar-refractivity contribution < 1.29 is 4.39 Å². The van der Waals surface area contributed by atoms with E-state index in [-0.39, 0.29) is 0 Å². The third-order valence-corrected chi connectivity index (χ3v) is 2.28. The van der Waals surface area contributed by atoms with Crippen LogP contribution in [0.2, 0.25) is 0 Å². The van der Waals surface area contributed by atoms with Crippen molar-refractivity contribution in [3.8, 4) is 0 Å². The van der Waals surface area contributed by atoms with Crippen molar-refractivity contribution in [3.63, 3.8) is 0 Å². The second kappa shape index (κ2) is 3.34. The zero-order chi connectivity index (χ0) is 10.2. The largest absolute Gasteiger partial charge is 0.323 e. The fourth-order valence-electron chi connectivity index (χ4n) is 0.960. The van der Waals surface area contributed by atoms with Gasteiger partial charge in [-0.25, -0.2) is 9.07 Å². The molecule has 0 spiro atoms. The van der Waals surface area contributed by atoms with Crippen LogP contribution in [0.3, 0.4) is 0 Å². The maximum atomic E-state index is 13.7. The molecule has 6 heteroatoms. The number of halogens is 2. The summed E-state index contributed by atoms with van der Waals surface area (Å²) in [4.78, 5) is 0. The molecule has 1 heterocycles. The minimum atomic E-state index is -1.29. The highest BCUT2D eigenvalue weighted by Gasteiger charge is 2.31. The van der Waals surface area contributed by atoms with Gasteiger partial charge >= 0.3 is 0 Å². The van der Waals surface area contributed by atoms with Crippen molar-refractivity contribution >= 4 is 15.9 Å². The summed E-state index contributed by atoms with van der Waals surface area (Å²) in [6, 6.07) is 0. The Kier molecular flexibility index (Phi) is 2.72. The van der Waals surface area contributed by atoms with E-state index in [0.29, 0.717) is 10.3 Å². The van der Waals surface area contributed by atoms with Crippen LogP contribution in [-0.2, 0) is 7.05 Å². The van der Waals surface area contributed by atoms with E-state index in [9.17, 15) is 4.39 Å². The lowest BCUT2D eigenvalue weighted by molar-refractivity contribution is 0.211. The standard InChI is InChI=1S/C7H12BrFN4/c1-7(2,10)5(9)4-6(8)11-12-13(4)3/h5H,10H2,1-3H3. The molecular weight excluding hydrogens is 239 g/mol. The molecular formula is C7H12BrFN4. The number of aromatic nitrogens is 3. The van der Waals surface area contributed by atoms with Gasteiger partial charge in [0.05, 0.1) is 0 Å². The molecule has 0 aliphatic carbocycles. The highest BCUT2D eigenvalue weighted by Crippen LogP contribution is 2.30. The van der Waals surface area contributed by atoms with Gasteiger partial charge in [0.1, 0.15) is 5.69 Å². The zero-order valence-corrected chi connectivity index (χ0v) is 9.34. The lowest BCUT2D eigenvalue weighted by Gasteiger charge is -2.23. The molecule has 1 unspecified atom stereocenters. The van der Waals surface area contributed by atoms with Crippen LogP contribution in [0.5, 0.6) is 0 Å². The molecule has 0 aliphatic heterocycles. The molecule has 74 valence electrons. The molecule has 0 saturated heterocycles. The normalized spacial score (nSPS) is 14.6. The number of hydrogen-bond donors (Lipinski definition) is 1. The minimum Gasteiger partial charge on any atom is -0.323 e. The average molecular weight is 251 g/mol. The second-order valence-electron chi connectivity index (χ2n) is 3.57. The summed E-state index contributed by atoms with van der Waals surface area (Å²) < 4.78 is 15.5. The Morgan fingerprint density at radius 2 is 2.15 bits per heavy atom. The maximum absolute atomic E-state index is 13.7. The number of nitrogens with two attached hydrogens (primary N) is 1. The van der Waals surface area contributed by atoms with E-state index in [1.165, 1.54) is 4.68 Å². The predicted octanol–water partition coefficient (Wildman–Crippen LogP) is 1.33. The van der Waals surface area contributed by atoms with Crippen molar-refractivity contribution in [3.05, 3.63) is 10.3 Å². The van der Waals surface area contributed by atoms with Gasteiger partial charge in [-0.05, 0) is 29.8 Å². The van der Waals surface area contributed by atoms with E-state index in [2.05, 4.69) is 26.2 Å². The fraction of sp³-hybridized carbons (Fsp3) is 0.714. The lowest BCUT2D eigenvalue weighted by atomic mass is 9.98. The summed E-state index contributed by atoms with van der Waals surface area (Å²) in [5.41, 5.74) is 5.08. The number of aryl methyl sites for hydroxylation is 1. The highest BCUT2D eigenvalue weighted by molar-refractivity contribution is 9.10. The Balaban J connectivity index is 3.08. The molecule has 0 aromatic carbocycles. The molecule has 1 aromatic heterocycles.